The summed E-state index contributed by atoms with van der Waals surface area (Å²) in [6.07, 6.45) is 3.00. The maximum absolute atomic E-state index is 12.5. The second-order valence-electron chi connectivity index (χ2n) is 7.18. The molecule has 146 valence electrons. The molecule has 1 heterocycles. The first-order chi connectivity index (χ1) is 12.6. The standard InChI is InChI=1S/C21H34N2O3/c1-4-25-11-12-26-15-19-7-5-9-20(17(19)3)23-21(24)13-16(2)18-8-6-10-22-14-18/h5,7,9,16,18,22H,4,6,8,10-15H2,1-3H3,(H,23,24). The van der Waals surface area contributed by atoms with Gasteiger partial charge in [-0.1, -0.05) is 19.1 Å². The van der Waals surface area contributed by atoms with Crippen LogP contribution in [0.3, 0.4) is 0 Å². The second-order valence-corrected chi connectivity index (χ2v) is 7.18. The first-order valence-electron chi connectivity index (χ1n) is 9.86. The van der Waals surface area contributed by atoms with Gasteiger partial charge >= 0.3 is 0 Å². The first-order valence-corrected chi connectivity index (χ1v) is 9.86. The fourth-order valence-corrected chi connectivity index (χ4v) is 3.44. The van der Waals surface area contributed by atoms with Crippen LogP contribution in [0.5, 0.6) is 0 Å². The Balaban J connectivity index is 1.83. The normalized spacial score (nSPS) is 18.5. The molecule has 2 unspecified atom stereocenters. The van der Waals surface area contributed by atoms with Crippen LogP contribution >= 0.6 is 0 Å². The molecule has 26 heavy (non-hydrogen) atoms. The lowest BCUT2D eigenvalue weighted by atomic mass is 9.85. The third-order valence-corrected chi connectivity index (χ3v) is 5.20. The number of benzene rings is 1. The molecule has 1 amide bonds. The van der Waals surface area contributed by atoms with E-state index >= 15 is 0 Å². The zero-order valence-electron chi connectivity index (χ0n) is 16.5. The lowest BCUT2D eigenvalue weighted by Gasteiger charge is -2.28. The summed E-state index contributed by atoms with van der Waals surface area (Å²) in [7, 11) is 0. The van der Waals surface area contributed by atoms with Crippen LogP contribution in [0.1, 0.15) is 44.2 Å². The SMILES string of the molecule is CCOCCOCc1cccc(NC(=O)CC(C)C2CCCNC2)c1C. The van der Waals surface area contributed by atoms with E-state index in [0.717, 1.165) is 29.9 Å². The van der Waals surface area contributed by atoms with Crippen molar-refractivity contribution in [3.05, 3.63) is 29.3 Å². The fourth-order valence-electron chi connectivity index (χ4n) is 3.44. The molecule has 2 atom stereocenters. The summed E-state index contributed by atoms with van der Waals surface area (Å²) in [5.41, 5.74) is 3.06. The quantitative estimate of drug-likeness (QED) is 0.625. The van der Waals surface area contributed by atoms with E-state index in [9.17, 15) is 4.79 Å². The Bertz CT molecular complexity index is 556. The largest absolute Gasteiger partial charge is 0.379 e. The van der Waals surface area contributed by atoms with Gasteiger partial charge in [-0.2, -0.15) is 0 Å². The van der Waals surface area contributed by atoms with E-state index in [1.54, 1.807) is 0 Å². The van der Waals surface area contributed by atoms with E-state index in [2.05, 4.69) is 17.6 Å². The Morgan fingerprint density at radius 1 is 1.35 bits per heavy atom. The molecule has 1 saturated heterocycles. The number of carbonyl (C=O) groups excluding carboxylic acids is 1. The van der Waals surface area contributed by atoms with Crippen LogP contribution in [0.25, 0.3) is 0 Å². The van der Waals surface area contributed by atoms with Crippen molar-refractivity contribution in [2.24, 2.45) is 11.8 Å². The smallest absolute Gasteiger partial charge is 0.224 e. The molecule has 2 N–H and O–H groups in total. The molecule has 0 bridgehead atoms. The van der Waals surface area contributed by atoms with Gasteiger partial charge in [0.2, 0.25) is 5.91 Å². The zero-order chi connectivity index (χ0) is 18.8. The molecule has 1 aliphatic heterocycles. The predicted molar refractivity (Wildman–Crippen MR) is 105 cm³/mol. The van der Waals surface area contributed by atoms with Gasteiger partial charge in [0.05, 0.1) is 19.8 Å². The highest BCUT2D eigenvalue weighted by molar-refractivity contribution is 5.91. The average molecular weight is 363 g/mol. The first kappa shape index (κ1) is 20.9. The van der Waals surface area contributed by atoms with Gasteiger partial charge in [0.1, 0.15) is 0 Å². The average Bonchev–Trinajstić information content (AvgIpc) is 2.65. The van der Waals surface area contributed by atoms with E-state index < -0.39 is 0 Å². The second kappa shape index (κ2) is 11.3. The van der Waals surface area contributed by atoms with Crippen molar-refractivity contribution in [2.75, 3.05) is 38.2 Å². The van der Waals surface area contributed by atoms with Crippen molar-refractivity contribution >= 4 is 11.6 Å². The van der Waals surface area contributed by atoms with Crippen LogP contribution < -0.4 is 10.6 Å². The van der Waals surface area contributed by atoms with Gasteiger partial charge in [-0.05, 0) is 68.8 Å². The molecule has 1 aliphatic rings. The number of rotatable bonds is 10. The minimum absolute atomic E-state index is 0.0978. The van der Waals surface area contributed by atoms with Gasteiger partial charge in [-0.3, -0.25) is 4.79 Å². The highest BCUT2D eigenvalue weighted by atomic mass is 16.5. The summed E-state index contributed by atoms with van der Waals surface area (Å²) >= 11 is 0. The number of hydrogen-bond donors (Lipinski definition) is 2. The predicted octanol–water partition coefficient (Wildman–Crippen LogP) is 3.51. The summed E-state index contributed by atoms with van der Waals surface area (Å²) in [6.45, 7) is 10.8. The lowest BCUT2D eigenvalue weighted by molar-refractivity contribution is -0.117. The number of carbonyl (C=O) groups is 1. The zero-order valence-corrected chi connectivity index (χ0v) is 16.5. The number of anilines is 1. The van der Waals surface area contributed by atoms with Crippen molar-refractivity contribution in [2.45, 2.75) is 46.6 Å². The maximum Gasteiger partial charge on any atom is 0.224 e. The van der Waals surface area contributed by atoms with Crippen LogP contribution in [0.2, 0.25) is 0 Å². The minimum atomic E-state index is 0.0978. The molecule has 0 aromatic heterocycles. The third-order valence-electron chi connectivity index (χ3n) is 5.20. The van der Waals surface area contributed by atoms with Crippen molar-refractivity contribution in [3.8, 4) is 0 Å². The van der Waals surface area contributed by atoms with Crippen LogP contribution in [0.4, 0.5) is 5.69 Å². The number of hydrogen-bond acceptors (Lipinski definition) is 4. The molecule has 1 fully saturated rings. The molecular formula is C21H34N2O3. The van der Waals surface area contributed by atoms with Gasteiger partial charge in [-0.25, -0.2) is 0 Å². The summed E-state index contributed by atoms with van der Waals surface area (Å²) in [5, 5.41) is 6.52. The monoisotopic (exact) mass is 362 g/mol. The molecule has 5 nitrogen and oxygen atoms in total. The van der Waals surface area contributed by atoms with Crippen LogP contribution in [-0.4, -0.2) is 38.8 Å². The minimum Gasteiger partial charge on any atom is -0.379 e. The molecule has 2 rings (SSSR count). The fraction of sp³-hybridized carbons (Fsp3) is 0.667. The summed E-state index contributed by atoms with van der Waals surface area (Å²) in [6, 6.07) is 5.98. The van der Waals surface area contributed by atoms with Crippen LogP contribution in [0.15, 0.2) is 18.2 Å². The van der Waals surface area contributed by atoms with Crippen molar-refractivity contribution in [3.63, 3.8) is 0 Å². The number of amides is 1. The molecule has 5 heteroatoms. The number of ether oxygens (including phenoxy) is 2. The van der Waals surface area contributed by atoms with Gasteiger partial charge in [-0.15, -0.1) is 0 Å². The van der Waals surface area contributed by atoms with Crippen molar-refractivity contribution in [1.82, 2.24) is 5.32 Å². The maximum atomic E-state index is 12.5. The van der Waals surface area contributed by atoms with E-state index in [-0.39, 0.29) is 5.91 Å². The number of nitrogens with one attached hydrogen (secondary N) is 2. The Hall–Kier alpha value is -1.43. The highest BCUT2D eigenvalue weighted by Gasteiger charge is 2.22. The van der Waals surface area contributed by atoms with Gasteiger partial charge in [0.25, 0.3) is 0 Å². The Morgan fingerprint density at radius 3 is 2.88 bits per heavy atom. The van der Waals surface area contributed by atoms with E-state index in [4.69, 9.17) is 9.47 Å². The molecule has 0 radical (unpaired) electrons. The van der Waals surface area contributed by atoms with Gasteiger partial charge < -0.3 is 20.1 Å². The van der Waals surface area contributed by atoms with Crippen molar-refractivity contribution < 1.29 is 14.3 Å². The molecular weight excluding hydrogens is 328 g/mol. The van der Waals surface area contributed by atoms with E-state index in [1.807, 2.05) is 32.0 Å². The highest BCUT2D eigenvalue weighted by Crippen LogP contribution is 2.24. The topological polar surface area (TPSA) is 59.6 Å². The summed E-state index contributed by atoms with van der Waals surface area (Å²) in [4.78, 5) is 12.5. The van der Waals surface area contributed by atoms with Gasteiger partial charge in [0.15, 0.2) is 0 Å². The van der Waals surface area contributed by atoms with Crippen LogP contribution in [0, 0.1) is 18.8 Å². The molecule has 0 spiro atoms. The Labute approximate surface area is 157 Å². The van der Waals surface area contributed by atoms with E-state index in [1.165, 1.54) is 12.8 Å². The lowest BCUT2D eigenvalue weighted by Crippen LogP contribution is -2.34. The molecule has 0 aliphatic carbocycles. The van der Waals surface area contributed by atoms with Crippen LogP contribution in [-0.2, 0) is 20.9 Å². The molecule has 1 aromatic carbocycles. The van der Waals surface area contributed by atoms with Gasteiger partial charge in [0, 0.05) is 18.7 Å². The van der Waals surface area contributed by atoms with E-state index in [0.29, 0.717) is 44.7 Å². The third kappa shape index (κ3) is 6.71. The summed E-state index contributed by atoms with van der Waals surface area (Å²) in [5.74, 6) is 1.09. The molecule has 0 saturated carbocycles. The Morgan fingerprint density at radius 2 is 2.15 bits per heavy atom. The molecule has 1 aromatic rings. The Kier molecular flexibility index (Phi) is 9.09. The summed E-state index contributed by atoms with van der Waals surface area (Å²) < 4.78 is 10.9. The number of piperidine rings is 1. The van der Waals surface area contributed by atoms with Crippen molar-refractivity contribution in [1.29, 1.82) is 0 Å².